The van der Waals surface area contributed by atoms with Crippen LogP contribution in [0, 0.1) is 11.8 Å². The lowest BCUT2D eigenvalue weighted by Gasteiger charge is -2.25. The van der Waals surface area contributed by atoms with Crippen molar-refractivity contribution in [1.82, 2.24) is 5.32 Å². The van der Waals surface area contributed by atoms with E-state index in [1.165, 1.54) is 0 Å². The van der Waals surface area contributed by atoms with E-state index in [1.807, 2.05) is 12.1 Å². The van der Waals surface area contributed by atoms with Crippen molar-refractivity contribution < 1.29 is 28.9 Å². The molecule has 0 heterocycles. The van der Waals surface area contributed by atoms with Gasteiger partial charge in [0.15, 0.2) is 0 Å². The average Bonchev–Trinajstić information content (AvgIpc) is 2.67. The Kier molecular flexibility index (Phi) is 11.1. The first kappa shape index (κ1) is 23.8. The lowest BCUT2D eigenvalue weighted by molar-refractivity contribution is -0.144. The lowest BCUT2D eigenvalue weighted by atomic mass is 9.84. The number of aliphatic carboxylic acids is 1. The first-order valence-corrected chi connectivity index (χ1v) is 9.28. The summed E-state index contributed by atoms with van der Waals surface area (Å²) in [6, 6.07) is 7.25. The highest BCUT2D eigenvalue weighted by Gasteiger charge is 2.32. The highest BCUT2D eigenvalue weighted by atomic mass is 32.1. The fourth-order valence-corrected chi connectivity index (χ4v) is 3.02. The molecule has 0 saturated carbocycles. The molecule has 4 N–H and O–H groups in total. The molecule has 1 amide bonds. The third-order valence-electron chi connectivity index (χ3n) is 4.15. The summed E-state index contributed by atoms with van der Waals surface area (Å²) in [7, 11) is 3.16. The number of thiocarbonyl (C=S) groups is 1. The molecule has 0 saturated heterocycles. The number of primary amides is 1. The van der Waals surface area contributed by atoms with Gasteiger partial charge < -0.3 is 30.4 Å². The van der Waals surface area contributed by atoms with Crippen molar-refractivity contribution in [2.75, 3.05) is 40.6 Å². The van der Waals surface area contributed by atoms with Crippen molar-refractivity contribution in [3.63, 3.8) is 0 Å². The Morgan fingerprint density at radius 3 is 2.36 bits per heavy atom. The number of hydrogen-bond acceptors (Lipinski definition) is 6. The maximum absolute atomic E-state index is 11.8. The molecule has 1 rings (SSSR count). The van der Waals surface area contributed by atoms with Crippen LogP contribution in [-0.4, -0.2) is 62.6 Å². The van der Waals surface area contributed by atoms with E-state index in [4.69, 9.17) is 32.2 Å². The third kappa shape index (κ3) is 8.64. The van der Waals surface area contributed by atoms with E-state index in [0.717, 1.165) is 5.56 Å². The van der Waals surface area contributed by atoms with Gasteiger partial charge in [0.1, 0.15) is 5.75 Å². The minimum atomic E-state index is -1.11. The minimum absolute atomic E-state index is 0.289. The minimum Gasteiger partial charge on any atom is -0.497 e. The van der Waals surface area contributed by atoms with Crippen LogP contribution >= 0.6 is 12.2 Å². The maximum Gasteiger partial charge on any atom is 0.307 e. The number of nitrogens with one attached hydrogen (secondary N) is 1. The number of carboxylic acids is 1. The molecule has 0 fully saturated rings. The van der Waals surface area contributed by atoms with Gasteiger partial charge in [0.2, 0.25) is 5.91 Å². The normalized spacial score (nSPS) is 12.8. The number of rotatable bonds is 14. The summed E-state index contributed by atoms with van der Waals surface area (Å²) in [5.74, 6) is -2.71. The number of carbonyl (C=O) groups excluding carboxylic acids is 1. The van der Waals surface area contributed by atoms with Crippen molar-refractivity contribution >= 4 is 29.1 Å². The van der Waals surface area contributed by atoms with Gasteiger partial charge >= 0.3 is 5.97 Å². The molecule has 2 atom stereocenters. The molecule has 8 nitrogen and oxygen atoms in total. The number of nitrogens with two attached hydrogens (primary N) is 1. The Hall–Kier alpha value is -2.23. The summed E-state index contributed by atoms with van der Waals surface area (Å²) >= 11 is 5.44. The molecule has 9 heteroatoms. The number of benzene rings is 1. The van der Waals surface area contributed by atoms with E-state index in [0.29, 0.717) is 43.5 Å². The van der Waals surface area contributed by atoms with Crippen LogP contribution in [-0.2, 0) is 25.5 Å². The summed E-state index contributed by atoms with van der Waals surface area (Å²) in [5, 5.41) is 12.7. The fraction of sp³-hybridized carbons (Fsp3) is 0.526. The average molecular weight is 413 g/mol. The summed E-state index contributed by atoms with van der Waals surface area (Å²) in [6.45, 7) is 1.76. The molecule has 0 aliphatic heterocycles. The van der Waals surface area contributed by atoms with Crippen LogP contribution in [0.1, 0.15) is 12.0 Å². The van der Waals surface area contributed by atoms with Gasteiger partial charge in [-0.15, -0.1) is 0 Å². The summed E-state index contributed by atoms with van der Waals surface area (Å²) in [6.07, 6.45) is 0.0624. The molecule has 0 spiro atoms. The number of hydrogen-bond donors (Lipinski definition) is 3. The molecule has 0 aromatic heterocycles. The van der Waals surface area contributed by atoms with Crippen molar-refractivity contribution in [3.05, 3.63) is 29.8 Å². The molecular formula is C19H28N2O6S. The van der Waals surface area contributed by atoms with Gasteiger partial charge in [0.25, 0.3) is 0 Å². The quantitative estimate of drug-likeness (QED) is 0.306. The van der Waals surface area contributed by atoms with E-state index in [1.54, 1.807) is 26.4 Å². The molecular weight excluding hydrogens is 384 g/mol. The van der Waals surface area contributed by atoms with Crippen LogP contribution in [0.2, 0.25) is 0 Å². The molecule has 2 unspecified atom stereocenters. The van der Waals surface area contributed by atoms with Gasteiger partial charge in [-0.2, -0.15) is 0 Å². The zero-order chi connectivity index (χ0) is 20.9. The van der Waals surface area contributed by atoms with E-state index in [9.17, 15) is 14.7 Å². The predicted octanol–water partition coefficient (Wildman–Crippen LogP) is 1.01. The summed E-state index contributed by atoms with van der Waals surface area (Å²) < 4.78 is 15.4. The van der Waals surface area contributed by atoms with Crippen LogP contribution in [0.5, 0.6) is 5.75 Å². The topological polar surface area (TPSA) is 120 Å². The molecule has 1 aromatic carbocycles. The standard InChI is InChI=1S/C19H28N2O6S/c1-25-9-10-27-8-7-21-18(28)15(16(19(23)24)12-17(20)22)11-13-3-5-14(26-2)6-4-13/h3-6,15-16H,7-12H2,1-2H3,(H2,20,22)(H,21,28)(H,23,24). The van der Waals surface area contributed by atoms with Crippen LogP contribution in [0.4, 0.5) is 0 Å². The zero-order valence-electron chi connectivity index (χ0n) is 16.2. The molecule has 0 aliphatic rings. The van der Waals surface area contributed by atoms with Crippen molar-refractivity contribution in [2.24, 2.45) is 17.6 Å². The first-order valence-electron chi connectivity index (χ1n) is 8.87. The Labute approximate surface area is 170 Å². The Morgan fingerprint density at radius 1 is 1.14 bits per heavy atom. The molecule has 28 heavy (non-hydrogen) atoms. The smallest absolute Gasteiger partial charge is 0.307 e. The van der Waals surface area contributed by atoms with Crippen LogP contribution in [0.3, 0.4) is 0 Å². The number of carboxylic acid groups (broad SMARTS) is 1. The van der Waals surface area contributed by atoms with Crippen molar-refractivity contribution in [2.45, 2.75) is 12.8 Å². The molecule has 0 radical (unpaired) electrons. The Morgan fingerprint density at radius 2 is 1.82 bits per heavy atom. The molecule has 0 bridgehead atoms. The van der Waals surface area contributed by atoms with Gasteiger partial charge in [-0.05, 0) is 24.1 Å². The van der Waals surface area contributed by atoms with Gasteiger partial charge in [0, 0.05) is 26.0 Å². The maximum atomic E-state index is 11.8. The SMILES string of the molecule is COCCOCCNC(=S)C(Cc1ccc(OC)cc1)C(CC(N)=O)C(=O)O. The number of carbonyl (C=O) groups is 2. The highest BCUT2D eigenvalue weighted by molar-refractivity contribution is 7.80. The second-order valence-electron chi connectivity index (χ2n) is 6.17. The van der Waals surface area contributed by atoms with Gasteiger partial charge in [0.05, 0.1) is 37.8 Å². The Bertz CT molecular complexity index is 638. The molecule has 0 aliphatic carbocycles. The largest absolute Gasteiger partial charge is 0.497 e. The van der Waals surface area contributed by atoms with Crippen molar-refractivity contribution in [3.8, 4) is 5.75 Å². The monoisotopic (exact) mass is 412 g/mol. The van der Waals surface area contributed by atoms with Gasteiger partial charge in [-0.3, -0.25) is 9.59 Å². The number of ether oxygens (including phenoxy) is 3. The summed E-state index contributed by atoms with van der Waals surface area (Å²) in [5.41, 5.74) is 6.13. The number of amides is 1. The van der Waals surface area contributed by atoms with Gasteiger partial charge in [-0.25, -0.2) is 0 Å². The van der Waals surface area contributed by atoms with Crippen LogP contribution in [0.25, 0.3) is 0 Å². The highest BCUT2D eigenvalue weighted by Crippen LogP contribution is 2.24. The zero-order valence-corrected chi connectivity index (χ0v) is 17.0. The molecule has 156 valence electrons. The second-order valence-corrected chi connectivity index (χ2v) is 6.61. The fourth-order valence-electron chi connectivity index (χ4n) is 2.67. The Balaban J connectivity index is 2.84. The first-order chi connectivity index (χ1) is 13.4. The van der Waals surface area contributed by atoms with E-state index < -0.39 is 23.7 Å². The van der Waals surface area contributed by atoms with Crippen LogP contribution in [0.15, 0.2) is 24.3 Å². The van der Waals surface area contributed by atoms with Crippen molar-refractivity contribution in [1.29, 1.82) is 0 Å². The van der Waals surface area contributed by atoms with E-state index in [-0.39, 0.29) is 6.42 Å². The third-order valence-corrected chi connectivity index (χ3v) is 4.60. The summed E-state index contributed by atoms with van der Waals surface area (Å²) in [4.78, 5) is 23.5. The van der Waals surface area contributed by atoms with E-state index in [2.05, 4.69) is 5.32 Å². The second kappa shape index (κ2) is 13.0. The van der Waals surface area contributed by atoms with E-state index >= 15 is 0 Å². The lowest BCUT2D eigenvalue weighted by Crippen LogP contribution is -2.41. The van der Waals surface area contributed by atoms with Crippen LogP contribution < -0.4 is 15.8 Å². The number of methoxy groups -OCH3 is 2. The van der Waals surface area contributed by atoms with Gasteiger partial charge in [-0.1, -0.05) is 24.4 Å². The predicted molar refractivity (Wildman–Crippen MR) is 108 cm³/mol. The molecule has 1 aromatic rings.